The molecule has 0 spiro atoms. The maximum atomic E-state index is 13.8. The van der Waals surface area contributed by atoms with Crippen LogP contribution in [0.15, 0.2) is 75.2 Å². The van der Waals surface area contributed by atoms with E-state index in [2.05, 4.69) is 16.0 Å². The third kappa shape index (κ3) is 5.50. The molecule has 1 aliphatic carbocycles. The predicted octanol–water partition coefficient (Wildman–Crippen LogP) is 5.50. The van der Waals surface area contributed by atoms with Crippen molar-refractivity contribution in [3.63, 3.8) is 0 Å². The zero-order valence-corrected chi connectivity index (χ0v) is 23.5. The maximum Gasteiger partial charge on any atom is 0.296 e. The van der Waals surface area contributed by atoms with Crippen LogP contribution in [-0.2, 0) is 16.3 Å². The van der Waals surface area contributed by atoms with Gasteiger partial charge in [-0.05, 0) is 79.6 Å². The van der Waals surface area contributed by atoms with Crippen LogP contribution in [0.3, 0.4) is 0 Å². The van der Waals surface area contributed by atoms with E-state index in [4.69, 9.17) is 0 Å². The first kappa shape index (κ1) is 28.2. The van der Waals surface area contributed by atoms with E-state index in [0.717, 1.165) is 24.8 Å². The van der Waals surface area contributed by atoms with Gasteiger partial charge >= 0.3 is 0 Å². The first-order valence-electron chi connectivity index (χ1n) is 13.5. The summed E-state index contributed by atoms with van der Waals surface area (Å²) in [5.74, 6) is -0.877. The third-order valence-corrected chi connectivity index (χ3v) is 9.18. The van der Waals surface area contributed by atoms with E-state index < -0.39 is 38.2 Å². The highest BCUT2D eigenvalue weighted by Gasteiger charge is 2.39. The number of unbranched alkanes of at least 4 members (excludes halogenated alkanes) is 1. The van der Waals surface area contributed by atoms with E-state index in [1.54, 1.807) is 43.3 Å². The standard InChI is InChI=1S/C31H29FN4O4S/c1-3-4-8-27-35-30(37)29(31(38)36(27)28(22-9-10-22)23-7-5-6-20(17-23)18-33)41(39,40)24-13-11-21(12-14-24)25-15-16-26(32)34-19(25)2/h5-7,11-17,22,28,38H,3-4,8-10H2,1-2H3/t28-/m0/s1. The summed E-state index contributed by atoms with van der Waals surface area (Å²) < 4.78 is 42.6. The van der Waals surface area contributed by atoms with Crippen LogP contribution in [0, 0.1) is 30.1 Å². The largest absolute Gasteiger partial charge is 0.493 e. The fraction of sp³-hybridized carbons (Fsp3) is 0.290. The Morgan fingerprint density at radius 2 is 1.85 bits per heavy atom. The number of hydrogen-bond acceptors (Lipinski definition) is 7. The number of aromatic nitrogens is 3. The number of nitrogens with zero attached hydrogens (tertiary/aromatic N) is 4. The SMILES string of the molecule is CCCCc1nc(=O)c(S(=O)(=O)c2ccc(-c3ccc(F)nc3C)cc2)c(O)n1[C@H](c1cccc(C#N)c1)C1CC1. The highest BCUT2D eigenvalue weighted by molar-refractivity contribution is 7.91. The Bertz CT molecular complexity index is 1820. The Morgan fingerprint density at radius 1 is 1.12 bits per heavy atom. The van der Waals surface area contributed by atoms with Crippen LogP contribution < -0.4 is 5.56 Å². The summed E-state index contributed by atoms with van der Waals surface area (Å²) in [6, 6.07) is 17.2. The molecule has 0 unspecified atom stereocenters. The normalized spacial score (nSPS) is 14.0. The van der Waals surface area contributed by atoms with Crippen LogP contribution >= 0.6 is 0 Å². The number of aromatic hydroxyl groups is 1. The topological polar surface area (TPSA) is 126 Å². The zero-order chi connectivity index (χ0) is 29.3. The molecule has 41 heavy (non-hydrogen) atoms. The maximum absolute atomic E-state index is 13.8. The van der Waals surface area contributed by atoms with E-state index in [0.29, 0.717) is 41.1 Å². The van der Waals surface area contributed by atoms with Gasteiger partial charge in [0, 0.05) is 17.7 Å². The summed E-state index contributed by atoms with van der Waals surface area (Å²) >= 11 is 0. The Hall–Kier alpha value is -4.36. The Balaban J connectivity index is 1.65. The second kappa shape index (κ2) is 11.3. The molecular formula is C31H29FN4O4S. The molecule has 1 saturated carbocycles. The summed E-state index contributed by atoms with van der Waals surface area (Å²) in [4.78, 5) is 20.3. The lowest BCUT2D eigenvalue weighted by Gasteiger charge is -2.26. The van der Waals surface area contributed by atoms with Crippen LogP contribution in [-0.4, -0.2) is 28.1 Å². The van der Waals surface area contributed by atoms with Crippen molar-refractivity contribution in [2.75, 3.05) is 0 Å². The molecule has 5 rings (SSSR count). The average Bonchev–Trinajstić information content (AvgIpc) is 3.79. The van der Waals surface area contributed by atoms with E-state index in [-0.39, 0.29) is 10.8 Å². The van der Waals surface area contributed by atoms with E-state index >= 15 is 0 Å². The lowest BCUT2D eigenvalue weighted by atomic mass is 9.99. The van der Waals surface area contributed by atoms with Crippen LogP contribution in [0.1, 0.15) is 61.3 Å². The summed E-state index contributed by atoms with van der Waals surface area (Å²) in [6.45, 7) is 3.64. The van der Waals surface area contributed by atoms with Crippen molar-refractivity contribution in [1.29, 1.82) is 5.26 Å². The van der Waals surface area contributed by atoms with Crippen molar-refractivity contribution in [2.45, 2.75) is 61.8 Å². The number of aryl methyl sites for hydroxylation is 2. The van der Waals surface area contributed by atoms with E-state index in [1.807, 2.05) is 13.0 Å². The van der Waals surface area contributed by atoms with E-state index in [1.165, 1.54) is 22.8 Å². The molecule has 0 radical (unpaired) electrons. The van der Waals surface area contributed by atoms with Gasteiger partial charge in [-0.25, -0.2) is 13.4 Å². The molecule has 10 heteroatoms. The van der Waals surface area contributed by atoms with Crippen molar-refractivity contribution >= 4 is 9.84 Å². The van der Waals surface area contributed by atoms with Gasteiger partial charge in [-0.3, -0.25) is 9.36 Å². The van der Waals surface area contributed by atoms with Gasteiger partial charge in [0.05, 0.1) is 22.6 Å². The smallest absolute Gasteiger partial charge is 0.296 e. The van der Waals surface area contributed by atoms with Crippen LogP contribution in [0.4, 0.5) is 4.39 Å². The molecular weight excluding hydrogens is 543 g/mol. The molecule has 1 aliphatic rings. The Labute approximate surface area is 237 Å². The quantitative estimate of drug-likeness (QED) is 0.262. The number of nitriles is 1. The fourth-order valence-corrected chi connectivity index (χ4v) is 6.54. The number of rotatable bonds is 9. The highest BCUT2D eigenvalue weighted by Crippen LogP contribution is 2.46. The van der Waals surface area contributed by atoms with Crippen molar-refractivity contribution in [3.8, 4) is 23.1 Å². The molecule has 2 heterocycles. The number of benzene rings is 2. The van der Waals surface area contributed by atoms with Gasteiger partial charge in [-0.2, -0.15) is 14.6 Å². The minimum atomic E-state index is -4.48. The third-order valence-electron chi connectivity index (χ3n) is 7.39. The lowest BCUT2D eigenvalue weighted by molar-refractivity contribution is 0.348. The molecule has 2 aromatic heterocycles. The number of pyridine rings is 1. The van der Waals surface area contributed by atoms with Crippen molar-refractivity contribution in [1.82, 2.24) is 14.5 Å². The molecule has 0 saturated heterocycles. The molecule has 8 nitrogen and oxygen atoms in total. The summed E-state index contributed by atoms with van der Waals surface area (Å²) in [6.07, 6.45) is 3.57. The summed E-state index contributed by atoms with van der Waals surface area (Å²) in [5.41, 5.74) is 1.86. The van der Waals surface area contributed by atoms with Gasteiger partial charge in [0.2, 0.25) is 21.7 Å². The predicted molar refractivity (Wildman–Crippen MR) is 151 cm³/mol. The monoisotopic (exact) mass is 572 g/mol. The lowest BCUT2D eigenvalue weighted by Crippen LogP contribution is -2.28. The Kier molecular flexibility index (Phi) is 7.74. The average molecular weight is 573 g/mol. The molecule has 0 bridgehead atoms. The summed E-state index contributed by atoms with van der Waals surface area (Å²) in [5, 5.41) is 21.1. The van der Waals surface area contributed by atoms with Gasteiger partial charge in [-0.1, -0.05) is 37.6 Å². The highest BCUT2D eigenvalue weighted by atomic mass is 32.2. The molecule has 4 aromatic rings. The van der Waals surface area contributed by atoms with E-state index in [9.17, 15) is 28.0 Å². The molecule has 210 valence electrons. The second-order valence-corrected chi connectivity index (χ2v) is 12.2. The van der Waals surface area contributed by atoms with Crippen LogP contribution in [0.25, 0.3) is 11.1 Å². The Morgan fingerprint density at radius 3 is 2.49 bits per heavy atom. The zero-order valence-electron chi connectivity index (χ0n) is 22.7. The molecule has 1 N–H and O–H groups in total. The minimum absolute atomic E-state index is 0.0851. The second-order valence-electron chi connectivity index (χ2n) is 10.3. The minimum Gasteiger partial charge on any atom is -0.493 e. The number of hydrogen-bond donors (Lipinski definition) is 1. The molecule has 2 aromatic carbocycles. The van der Waals surface area contributed by atoms with Crippen LogP contribution in [0.5, 0.6) is 5.88 Å². The first-order chi connectivity index (χ1) is 19.6. The summed E-state index contributed by atoms with van der Waals surface area (Å²) in [7, 11) is -4.48. The molecule has 1 fully saturated rings. The van der Waals surface area contributed by atoms with Gasteiger partial charge in [0.25, 0.3) is 5.56 Å². The molecule has 1 atom stereocenters. The van der Waals surface area contributed by atoms with Gasteiger partial charge in [0.15, 0.2) is 4.90 Å². The number of halogens is 1. The van der Waals surface area contributed by atoms with Crippen molar-refractivity contribution < 1.29 is 17.9 Å². The first-order valence-corrected chi connectivity index (χ1v) is 15.0. The number of sulfone groups is 1. The van der Waals surface area contributed by atoms with Crippen molar-refractivity contribution in [2.24, 2.45) is 5.92 Å². The molecule has 0 aliphatic heterocycles. The fourth-order valence-electron chi connectivity index (χ4n) is 5.19. The van der Waals surface area contributed by atoms with Gasteiger partial charge in [0.1, 0.15) is 5.82 Å². The van der Waals surface area contributed by atoms with Crippen LogP contribution in [0.2, 0.25) is 0 Å². The molecule has 0 amide bonds. The van der Waals surface area contributed by atoms with Gasteiger partial charge < -0.3 is 5.11 Å². The van der Waals surface area contributed by atoms with Gasteiger partial charge in [-0.15, -0.1) is 0 Å². The van der Waals surface area contributed by atoms with Crippen molar-refractivity contribution in [3.05, 3.63) is 99.6 Å².